The number of ether oxygens (including phenoxy) is 1. The van der Waals surface area contributed by atoms with E-state index in [-0.39, 0.29) is 43.2 Å². The topological polar surface area (TPSA) is 53.6 Å². The maximum absolute atomic E-state index is 13.6. The van der Waals surface area contributed by atoms with Crippen LogP contribution in [0.15, 0.2) is 24.3 Å². The lowest BCUT2D eigenvalue weighted by Gasteiger charge is -2.35. The Morgan fingerprint density at radius 1 is 1.33 bits per heavy atom. The van der Waals surface area contributed by atoms with Gasteiger partial charge in [0.05, 0.1) is 31.8 Å². The number of nitrogens with one attached hydrogen (secondary N) is 2. The Balaban J connectivity index is 0.00000182. The van der Waals surface area contributed by atoms with Gasteiger partial charge < -0.3 is 10.1 Å². The van der Waals surface area contributed by atoms with Crippen LogP contribution in [-0.2, 0) is 9.53 Å². The first-order valence-electron chi connectivity index (χ1n) is 8.41. The molecule has 27 heavy (non-hydrogen) atoms. The monoisotopic (exact) mass is 429 g/mol. The lowest BCUT2D eigenvalue weighted by atomic mass is 10.0. The van der Waals surface area contributed by atoms with Gasteiger partial charge in [0.1, 0.15) is 5.82 Å². The van der Waals surface area contributed by atoms with Crippen LogP contribution in [0, 0.1) is 5.82 Å². The molecule has 154 valence electrons. The Hall–Kier alpha value is -1.06. The summed E-state index contributed by atoms with van der Waals surface area (Å²) in [5.74, 6) is -3.65. The average Bonchev–Trinajstić information content (AvgIpc) is 2.96. The SMILES string of the molecule is Cl.Cl.O=C(NCC(c1cccc(F)c1)N1CCOCC1)C1CC(F)(F)CN1. The number of morpholine rings is 1. The summed E-state index contributed by atoms with van der Waals surface area (Å²) in [5.41, 5.74) is 0.743. The van der Waals surface area contributed by atoms with E-state index in [0.717, 1.165) is 5.56 Å². The molecule has 0 aromatic heterocycles. The van der Waals surface area contributed by atoms with Crippen molar-refractivity contribution in [1.29, 1.82) is 0 Å². The maximum Gasteiger partial charge on any atom is 0.262 e. The van der Waals surface area contributed by atoms with Crippen LogP contribution in [0.5, 0.6) is 0 Å². The summed E-state index contributed by atoms with van der Waals surface area (Å²) in [6, 6.07) is 5.10. The molecular formula is C17H24Cl2F3N3O2. The second-order valence-electron chi connectivity index (χ2n) is 6.46. The fraction of sp³-hybridized carbons (Fsp3) is 0.588. The highest BCUT2D eigenvalue weighted by molar-refractivity contribution is 5.85. The van der Waals surface area contributed by atoms with Crippen molar-refractivity contribution < 1.29 is 22.7 Å². The van der Waals surface area contributed by atoms with Gasteiger partial charge in [-0.15, -0.1) is 24.8 Å². The van der Waals surface area contributed by atoms with Crippen LogP contribution in [0.4, 0.5) is 13.2 Å². The molecule has 10 heteroatoms. The van der Waals surface area contributed by atoms with Gasteiger partial charge in [-0.05, 0) is 17.7 Å². The number of hydrogen-bond acceptors (Lipinski definition) is 4. The number of nitrogens with zero attached hydrogens (tertiary/aromatic N) is 1. The van der Waals surface area contributed by atoms with E-state index in [9.17, 15) is 18.0 Å². The van der Waals surface area contributed by atoms with Gasteiger partial charge in [0.15, 0.2) is 0 Å². The first-order valence-corrected chi connectivity index (χ1v) is 8.41. The van der Waals surface area contributed by atoms with Gasteiger partial charge in [-0.25, -0.2) is 13.2 Å². The molecule has 2 fully saturated rings. The van der Waals surface area contributed by atoms with Gasteiger partial charge in [0.2, 0.25) is 5.91 Å². The van der Waals surface area contributed by atoms with Gasteiger partial charge in [0.25, 0.3) is 5.92 Å². The molecule has 2 atom stereocenters. The van der Waals surface area contributed by atoms with Gasteiger partial charge >= 0.3 is 0 Å². The van der Waals surface area contributed by atoms with Crippen molar-refractivity contribution in [3.63, 3.8) is 0 Å². The molecule has 3 rings (SSSR count). The molecule has 0 spiro atoms. The zero-order valence-corrected chi connectivity index (χ0v) is 16.3. The van der Waals surface area contributed by atoms with E-state index in [2.05, 4.69) is 15.5 Å². The fourth-order valence-corrected chi connectivity index (χ4v) is 3.28. The van der Waals surface area contributed by atoms with Gasteiger partial charge in [0, 0.05) is 26.1 Å². The largest absolute Gasteiger partial charge is 0.379 e. The van der Waals surface area contributed by atoms with E-state index < -0.39 is 30.8 Å². The summed E-state index contributed by atoms with van der Waals surface area (Å²) in [5, 5.41) is 5.28. The maximum atomic E-state index is 13.6. The van der Waals surface area contributed by atoms with Crippen LogP contribution < -0.4 is 10.6 Å². The zero-order valence-electron chi connectivity index (χ0n) is 14.6. The van der Waals surface area contributed by atoms with E-state index in [4.69, 9.17) is 4.74 Å². The van der Waals surface area contributed by atoms with Crippen molar-refractivity contribution in [2.24, 2.45) is 0 Å². The summed E-state index contributed by atoms with van der Waals surface area (Å²) in [4.78, 5) is 14.3. The lowest BCUT2D eigenvalue weighted by molar-refractivity contribution is -0.123. The highest BCUT2D eigenvalue weighted by Gasteiger charge is 2.42. The number of carbonyl (C=O) groups excluding carboxylic acids is 1. The minimum absolute atomic E-state index is 0. The quantitative estimate of drug-likeness (QED) is 0.752. The highest BCUT2D eigenvalue weighted by Crippen LogP contribution is 2.26. The van der Waals surface area contributed by atoms with Crippen molar-refractivity contribution in [2.45, 2.75) is 24.4 Å². The molecule has 2 aliphatic heterocycles. The van der Waals surface area contributed by atoms with Gasteiger partial charge in [-0.2, -0.15) is 0 Å². The normalized spacial score (nSPS) is 23.0. The zero-order chi connectivity index (χ0) is 17.9. The molecule has 0 aliphatic carbocycles. The van der Waals surface area contributed by atoms with Crippen molar-refractivity contribution >= 4 is 30.7 Å². The van der Waals surface area contributed by atoms with E-state index in [0.29, 0.717) is 26.3 Å². The molecule has 1 aromatic rings. The number of rotatable bonds is 5. The third-order valence-electron chi connectivity index (χ3n) is 4.62. The Bertz CT molecular complexity index is 619. The minimum Gasteiger partial charge on any atom is -0.379 e. The predicted octanol–water partition coefficient (Wildman–Crippen LogP) is 2.16. The summed E-state index contributed by atoms with van der Waals surface area (Å²) in [6.07, 6.45) is -0.499. The van der Waals surface area contributed by atoms with Crippen LogP contribution in [-0.4, -0.2) is 62.2 Å². The number of benzene rings is 1. The first-order chi connectivity index (χ1) is 11.9. The summed E-state index contributed by atoms with van der Waals surface area (Å²) in [7, 11) is 0. The third-order valence-corrected chi connectivity index (χ3v) is 4.62. The molecule has 2 saturated heterocycles. The molecule has 2 unspecified atom stereocenters. The van der Waals surface area contributed by atoms with Crippen LogP contribution in [0.3, 0.4) is 0 Å². The molecule has 0 saturated carbocycles. The molecule has 2 aliphatic rings. The van der Waals surface area contributed by atoms with Crippen molar-refractivity contribution in [3.05, 3.63) is 35.6 Å². The molecule has 1 aromatic carbocycles. The van der Waals surface area contributed by atoms with E-state index in [1.165, 1.54) is 12.1 Å². The van der Waals surface area contributed by atoms with Crippen molar-refractivity contribution in [1.82, 2.24) is 15.5 Å². The minimum atomic E-state index is -2.85. The lowest BCUT2D eigenvalue weighted by Crippen LogP contribution is -2.47. The van der Waals surface area contributed by atoms with E-state index >= 15 is 0 Å². The molecular weight excluding hydrogens is 406 g/mol. The molecule has 0 radical (unpaired) electrons. The van der Waals surface area contributed by atoms with Crippen molar-refractivity contribution in [3.8, 4) is 0 Å². The van der Waals surface area contributed by atoms with E-state index in [1.54, 1.807) is 12.1 Å². The molecule has 0 bridgehead atoms. The van der Waals surface area contributed by atoms with E-state index in [1.807, 2.05) is 0 Å². The molecule has 5 nitrogen and oxygen atoms in total. The summed E-state index contributed by atoms with van der Waals surface area (Å²) < 4.78 is 45.4. The van der Waals surface area contributed by atoms with Crippen LogP contribution in [0.25, 0.3) is 0 Å². The first kappa shape index (κ1) is 24.0. The molecule has 1 amide bonds. The van der Waals surface area contributed by atoms with Crippen LogP contribution in [0.2, 0.25) is 0 Å². The van der Waals surface area contributed by atoms with Gasteiger partial charge in [-0.1, -0.05) is 12.1 Å². The second kappa shape index (κ2) is 10.5. The summed E-state index contributed by atoms with van der Waals surface area (Å²) in [6.45, 7) is 2.20. The number of halogens is 5. The number of hydrogen-bond donors (Lipinski definition) is 2. The van der Waals surface area contributed by atoms with Crippen LogP contribution in [0.1, 0.15) is 18.0 Å². The predicted molar refractivity (Wildman–Crippen MR) is 100 cm³/mol. The Kier molecular flexibility index (Phi) is 9.30. The smallest absolute Gasteiger partial charge is 0.262 e. The Labute approximate surface area is 168 Å². The standard InChI is InChI=1S/C17H22F3N3O2.2ClH/c18-13-3-1-2-12(8-13)15(23-4-6-25-7-5-23)10-21-16(24)14-9-17(19,20)11-22-14;;/h1-3,8,14-15,22H,4-7,9-11H2,(H,21,24);2*1H. The Morgan fingerprint density at radius 2 is 2.04 bits per heavy atom. The molecule has 2 heterocycles. The summed E-state index contributed by atoms with van der Waals surface area (Å²) >= 11 is 0. The average molecular weight is 430 g/mol. The van der Waals surface area contributed by atoms with Gasteiger partial charge in [-0.3, -0.25) is 15.0 Å². The molecule has 2 N–H and O–H groups in total. The van der Waals surface area contributed by atoms with Crippen molar-refractivity contribution in [2.75, 3.05) is 39.4 Å². The van der Waals surface area contributed by atoms with Crippen LogP contribution >= 0.6 is 24.8 Å². The third kappa shape index (κ3) is 6.50. The number of carbonyl (C=O) groups is 1. The number of alkyl halides is 2. The Morgan fingerprint density at radius 3 is 2.63 bits per heavy atom. The fourth-order valence-electron chi connectivity index (χ4n) is 3.28. The second-order valence-corrected chi connectivity index (χ2v) is 6.46. The number of amides is 1. The highest BCUT2D eigenvalue weighted by atomic mass is 35.5.